The molecule has 0 aromatic heterocycles. The molecule has 4 nitrogen and oxygen atoms in total. The van der Waals surface area contributed by atoms with Crippen molar-refractivity contribution in [2.24, 2.45) is 5.92 Å². The molecule has 0 amide bonds. The molecule has 1 aromatic carbocycles. The maximum Gasteiger partial charge on any atom is 0.175 e. The summed E-state index contributed by atoms with van der Waals surface area (Å²) in [5.41, 5.74) is 1.07. The standard InChI is InChI=1S/C15H25NO3S/c1-4-13(9-10-17)11-16-12(2)14-5-7-15(8-6-14)20(3,18)19/h5-8,12-13,16-17H,4,9-11H2,1-3H3. The van der Waals surface area contributed by atoms with E-state index in [1.165, 1.54) is 6.26 Å². The summed E-state index contributed by atoms with van der Waals surface area (Å²) in [7, 11) is -3.13. The Morgan fingerprint density at radius 2 is 1.85 bits per heavy atom. The zero-order valence-electron chi connectivity index (χ0n) is 12.5. The Labute approximate surface area is 122 Å². The van der Waals surface area contributed by atoms with E-state index >= 15 is 0 Å². The van der Waals surface area contributed by atoms with Gasteiger partial charge in [0, 0.05) is 18.9 Å². The summed E-state index contributed by atoms with van der Waals surface area (Å²) in [4.78, 5) is 0.347. The van der Waals surface area contributed by atoms with Gasteiger partial charge in [0.25, 0.3) is 0 Å². The third kappa shape index (κ3) is 5.23. The van der Waals surface area contributed by atoms with E-state index in [-0.39, 0.29) is 12.6 Å². The molecule has 0 aliphatic heterocycles. The molecule has 2 atom stereocenters. The fourth-order valence-corrected chi connectivity index (χ4v) is 2.73. The third-order valence-corrected chi connectivity index (χ3v) is 4.76. The van der Waals surface area contributed by atoms with E-state index in [9.17, 15) is 8.42 Å². The first-order valence-electron chi connectivity index (χ1n) is 7.02. The van der Waals surface area contributed by atoms with Crippen molar-refractivity contribution < 1.29 is 13.5 Å². The number of sulfone groups is 1. The van der Waals surface area contributed by atoms with Crippen LogP contribution in [0.5, 0.6) is 0 Å². The van der Waals surface area contributed by atoms with Gasteiger partial charge in [0.15, 0.2) is 9.84 Å². The fraction of sp³-hybridized carbons (Fsp3) is 0.600. The van der Waals surface area contributed by atoms with Crippen LogP contribution in [-0.4, -0.2) is 32.9 Å². The van der Waals surface area contributed by atoms with E-state index < -0.39 is 9.84 Å². The molecule has 5 heteroatoms. The second-order valence-corrected chi connectivity index (χ2v) is 7.27. The van der Waals surface area contributed by atoms with Crippen LogP contribution in [0.3, 0.4) is 0 Å². The summed E-state index contributed by atoms with van der Waals surface area (Å²) < 4.78 is 22.8. The maximum atomic E-state index is 11.4. The number of aliphatic hydroxyl groups excluding tert-OH is 1. The van der Waals surface area contributed by atoms with Gasteiger partial charge in [0.2, 0.25) is 0 Å². The van der Waals surface area contributed by atoms with E-state index in [4.69, 9.17) is 5.11 Å². The lowest BCUT2D eigenvalue weighted by Gasteiger charge is -2.19. The van der Waals surface area contributed by atoms with E-state index in [0.29, 0.717) is 10.8 Å². The zero-order chi connectivity index (χ0) is 15.2. The minimum atomic E-state index is -3.13. The van der Waals surface area contributed by atoms with Crippen LogP contribution in [-0.2, 0) is 9.84 Å². The molecule has 0 radical (unpaired) electrons. The first-order chi connectivity index (χ1) is 9.38. The highest BCUT2D eigenvalue weighted by Crippen LogP contribution is 2.17. The SMILES string of the molecule is CCC(CCO)CNC(C)c1ccc(S(C)(=O)=O)cc1. The predicted octanol–water partition coefficient (Wildman–Crippen LogP) is 2.15. The van der Waals surface area contributed by atoms with Crippen LogP contribution in [0.4, 0.5) is 0 Å². The molecular formula is C15H25NO3S. The highest BCUT2D eigenvalue weighted by Gasteiger charge is 2.11. The molecule has 114 valence electrons. The second kappa shape index (κ2) is 7.76. The van der Waals surface area contributed by atoms with Crippen LogP contribution in [0.15, 0.2) is 29.2 Å². The van der Waals surface area contributed by atoms with Crippen LogP contribution in [0.1, 0.15) is 38.3 Å². The molecule has 0 aliphatic carbocycles. The second-order valence-electron chi connectivity index (χ2n) is 5.26. The van der Waals surface area contributed by atoms with E-state index in [1.54, 1.807) is 12.1 Å². The average molecular weight is 299 g/mol. The summed E-state index contributed by atoms with van der Waals surface area (Å²) in [6, 6.07) is 7.15. The highest BCUT2D eigenvalue weighted by atomic mass is 32.2. The van der Waals surface area contributed by atoms with Gasteiger partial charge in [-0.2, -0.15) is 0 Å². The van der Waals surface area contributed by atoms with Crippen molar-refractivity contribution in [1.82, 2.24) is 5.32 Å². The summed E-state index contributed by atoms with van der Waals surface area (Å²) in [5, 5.41) is 12.4. The molecule has 0 spiro atoms. The molecule has 1 aromatic rings. The normalized spacial score (nSPS) is 15.0. The molecule has 0 bridgehead atoms. The number of benzene rings is 1. The van der Waals surface area contributed by atoms with Gasteiger partial charge in [0.1, 0.15) is 0 Å². The molecule has 1 rings (SSSR count). The first-order valence-corrected chi connectivity index (χ1v) is 8.91. The summed E-state index contributed by atoms with van der Waals surface area (Å²) in [6.07, 6.45) is 3.06. The number of aliphatic hydroxyl groups is 1. The largest absolute Gasteiger partial charge is 0.396 e. The molecule has 0 aliphatic rings. The quantitative estimate of drug-likeness (QED) is 0.772. The molecular weight excluding hydrogens is 274 g/mol. The van der Waals surface area contributed by atoms with Gasteiger partial charge in [-0.05, 0) is 43.5 Å². The molecule has 0 saturated carbocycles. The smallest absolute Gasteiger partial charge is 0.175 e. The molecule has 0 fully saturated rings. The van der Waals surface area contributed by atoms with Gasteiger partial charge < -0.3 is 10.4 Å². The molecule has 2 unspecified atom stereocenters. The van der Waals surface area contributed by atoms with Crippen molar-refractivity contribution in [2.75, 3.05) is 19.4 Å². The molecule has 20 heavy (non-hydrogen) atoms. The minimum absolute atomic E-state index is 0.163. The Morgan fingerprint density at radius 3 is 2.30 bits per heavy atom. The van der Waals surface area contributed by atoms with Crippen LogP contribution in [0.2, 0.25) is 0 Å². The van der Waals surface area contributed by atoms with E-state index in [1.807, 2.05) is 12.1 Å². The lowest BCUT2D eigenvalue weighted by molar-refractivity contribution is 0.249. The summed E-state index contributed by atoms with van der Waals surface area (Å²) in [5.74, 6) is 0.470. The number of nitrogens with one attached hydrogen (secondary N) is 1. The molecule has 2 N–H and O–H groups in total. The Hall–Kier alpha value is -0.910. The monoisotopic (exact) mass is 299 g/mol. The van der Waals surface area contributed by atoms with Crippen LogP contribution < -0.4 is 5.32 Å². The topological polar surface area (TPSA) is 66.4 Å². The van der Waals surface area contributed by atoms with Crippen molar-refractivity contribution in [3.63, 3.8) is 0 Å². The highest BCUT2D eigenvalue weighted by molar-refractivity contribution is 7.90. The number of rotatable bonds is 8. The lowest BCUT2D eigenvalue weighted by atomic mass is 10.0. The predicted molar refractivity (Wildman–Crippen MR) is 81.5 cm³/mol. The Balaban J connectivity index is 2.62. The van der Waals surface area contributed by atoms with Gasteiger partial charge in [-0.25, -0.2) is 8.42 Å². The van der Waals surface area contributed by atoms with Crippen molar-refractivity contribution in [3.05, 3.63) is 29.8 Å². The van der Waals surface area contributed by atoms with Crippen LogP contribution in [0.25, 0.3) is 0 Å². The summed E-state index contributed by atoms with van der Waals surface area (Å²) >= 11 is 0. The average Bonchev–Trinajstić information content (AvgIpc) is 2.42. The Bertz CT molecular complexity index is 496. The van der Waals surface area contributed by atoms with Gasteiger partial charge in [-0.15, -0.1) is 0 Å². The van der Waals surface area contributed by atoms with Crippen LogP contribution >= 0.6 is 0 Å². The van der Waals surface area contributed by atoms with Gasteiger partial charge in [-0.3, -0.25) is 0 Å². The summed E-state index contributed by atoms with van der Waals surface area (Å²) in [6.45, 7) is 5.25. The lowest BCUT2D eigenvalue weighted by Crippen LogP contribution is -2.26. The fourth-order valence-electron chi connectivity index (χ4n) is 2.10. The van der Waals surface area contributed by atoms with Crippen molar-refractivity contribution in [3.8, 4) is 0 Å². The molecule has 0 heterocycles. The third-order valence-electron chi connectivity index (χ3n) is 3.64. The number of hydrogen-bond acceptors (Lipinski definition) is 4. The number of hydrogen-bond donors (Lipinski definition) is 2. The minimum Gasteiger partial charge on any atom is -0.396 e. The zero-order valence-corrected chi connectivity index (χ0v) is 13.3. The molecule has 0 saturated heterocycles. The van der Waals surface area contributed by atoms with Crippen LogP contribution in [0, 0.1) is 5.92 Å². The van der Waals surface area contributed by atoms with E-state index in [2.05, 4.69) is 19.2 Å². The van der Waals surface area contributed by atoms with E-state index in [0.717, 1.165) is 24.9 Å². The van der Waals surface area contributed by atoms with Gasteiger partial charge in [0.05, 0.1) is 4.90 Å². The Morgan fingerprint density at radius 1 is 1.25 bits per heavy atom. The van der Waals surface area contributed by atoms with Crippen molar-refractivity contribution >= 4 is 9.84 Å². The first kappa shape index (κ1) is 17.1. The van der Waals surface area contributed by atoms with Gasteiger partial charge in [-0.1, -0.05) is 25.5 Å². The van der Waals surface area contributed by atoms with Crippen molar-refractivity contribution in [2.45, 2.75) is 37.6 Å². The maximum absolute atomic E-state index is 11.4. The van der Waals surface area contributed by atoms with Gasteiger partial charge >= 0.3 is 0 Å². The Kier molecular flexibility index (Phi) is 6.65. The van der Waals surface area contributed by atoms with Crippen molar-refractivity contribution in [1.29, 1.82) is 0 Å².